The summed E-state index contributed by atoms with van der Waals surface area (Å²) in [5.41, 5.74) is 6.83. The van der Waals surface area contributed by atoms with Gasteiger partial charge in [-0.2, -0.15) is 5.10 Å². The summed E-state index contributed by atoms with van der Waals surface area (Å²) in [5, 5.41) is 4.16. The highest BCUT2D eigenvalue weighted by molar-refractivity contribution is 9.10. The van der Waals surface area contributed by atoms with Gasteiger partial charge in [-0.15, -0.1) is 0 Å². The van der Waals surface area contributed by atoms with E-state index >= 15 is 0 Å². The average molecular weight is 393 g/mol. The van der Waals surface area contributed by atoms with Gasteiger partial charge >= 0.3 is 0 Å². The van der Waals surface area contributed by atoms with E-state index in [1.165, 1.54) is 23.0 Å². The second-order valence-electron chi connectivity index (χ2n) is 4.78. The van der Waals surface area contributed by atoms with Crippen molar-refractivity contribution in [2.24, 2.45) is 0 Å². The summed E-state index contributed by atoms with van der Waals surface area (Å²) in [6, 6.07) is 15.0. The molecular weight excluding hydrogens is 380 g/mol. The Balaban J connectivity index is 1.93. The molecule has 118 valence electrons. The van der Waals surface area contributed by atoms with E-state index in [4.69, 9.17) is 5.73 Å². The normalized spacial score (nSPS) is 11.3. The van der Waals surface area contributed by atoms with Gasteiger partial charge in [-0.1, -0.05) is 15.9 Å². The molecule has 2 aromatic carbocycles. The van der Waals surface area contributed by atoms with Crippen molar-refractivity contribution in [3.05, 3.63) is 65.3 Å². The number of rotatable bonds is 4. The number of hydrogen-bond acceptors (Lipinski definition) is 4. The molecule has 3 rings (SSSR count). The van der Waals surface area contributed by atoms with Gasteiger partial charge in [0.05, 0.1) is 16.8 Å². The van der Waals surface area contributed by atoms with Gasteiger partial charge < -0.3 is 5.73 Å². The molecule has 3 N–H and O–H groups in total. The number of hydrogen-bond donors (Lipinski definition) is 2. The Morgan fingerprint density at radius 2 is 1.65 bits per heavy atom. The van der Waals surface area contributed by atoms with Crippen LogP contribution in [0.1, 0.15) is 0 Å². The second-order valence-corrected chi connectivity index (χ2v) is 7.38. The Hall–Kier alpha value is -2.32. The first-order valence-electron chi connectivity index (χ1n) is 6.64. The first-order chi connectivity index (χ1) is 11.0. The minimum absolute atomic E-state index is 0.134. The first-order valence-corrected chi connectivity index (χ1v) is 8.92. The Labute approximate surface area is 142 Å². The number of sulfonamides is 1. The Morgan fingerprint density at radius 1 is 1.00 bits per heavy atom. The lowest BCUT2D eigenvalue weighted by Gasteiger charge is -2.11. The lowest BCUT2D eigenvalue weighted by atomic mass is 10.3. The zero-order chi connectivity index (χ0) is 16.4. The highest BCUT2D eigenvalue weighted by Crippen LogP contribution is 2.21. The Bertz CT molecular complexity index is 919. The van der Waals surface area contributed by atoms with Gasteiger partial charge in [0.2, 0.25) is 0 Å². The van der Waals surface area contributed by atoms with Crippen LogP contribution in [0.15, 0.2) is 70.2 Å². The predicted molar refractivity (Wildman–Crippen MR) is 92.9 cm³/mol. The number of nitrogen functional groups attached to an aromatic ring is 1. The topological polar surface area (TPSA) is 90.0 Å². The molecule has 0 amide bonds. The number of nitrogens with one attached hydrogen (secondary N) is 1. The van der Waals surface area contributed by atoms with Crippen LogP contribution in [0.3, 0.4) is 0 Å². The van der Waals surface area contributed by atoms with Crippen LogP contribution in [-0.4, -0.2) is 18.2 Å². The van der Waals surface area contributed by atoms with Gasteiger partial charge in [-0.3, -0.25) is 4.72 Å². The largest absolute Gasteiger partial charge is 0.399 e. The molecule has 3 aromatic rings. The third-order valence-electron chi connectivity index (χ3n) is 3.14. The maximum atomic E-state index is 12.4. The maximum Gasteiger partial charge on any atom is 0.263 e. The summed E-state index contributed by atoms with van der Waals surface area (Å²) in [5.74, 6) is 0.351. The van der Waals surface area contributed by atoms with Gasteiger partial charge in [0.1, 0.15) is 5.82 Å². The van der Waals surface area contributed by atoms with Crippen molar-refractivity contribution in [1.82, 2.24) is 9.78 Å². The van der Waals surface area contributed by atoms with Crippen molar-refractivity contribution in [3.8, 4) is 5.69 Å². The molecule has 1 aromatic heterocycles. The zero-order valence-electron chi connectivity index (χ0n) is 11.8. The standard InChI is InChI=1S/C15H13BrN4O2S/c16-11-1-5-13(6-2-11)20-15(9-10-18-20)19-23(21,22)14-7-3-12(17)4-8-14/h1-10,19H,17H2. The van der Waals surface area contributed by atoms with Crippen molar-refractivity contribution in [2.75, 3.05) is 10.5 Å². The number of benzene rings is 2. The molecule has 0 saturated carbocycles. The second kappa shape index (κ2) is 6.05. The Morgan fingerprint density at radius 3 is 2.30 bits per heavy atom. The van der Waals surface area contributed by atoms with Gasteiger partial charge in [0, 0.05) is 16.2 Å². The third-order valence-corrected chi connectivity index (χ3v) is 5.04. The van der Waals surface area contributed by atoms with Crippen LogP contribution >= 0.6 is 15.9 Å². The van der Waals surface area contributed by atoms with E-state index in [-0.39, 0.29) is 4.90 Å². The summed E-state index contributed by atoms with van der Waals surface area (Å²) in [4.78, 5) is 0.134. The molecule has 8 heteroatoms. The van der Waals surface area contributed by atoms with Crippen molar-refractivity contribution in [3.63, 3.8) is 0 Å². The summed E-state index contributed by atoms with van der Waals surface area (Å²) in [7, 11) is -3.71. The third kappa shape index (κ3) is 3.38. The van der Waals surface area contributed by atoms with Crippen molar-refractivity contribution >= 4 is 37.5 Å². The number of nitrogens with two attached hydrogens (primary N) is 1. The summed E-state index contributed by atoms with van der Waals surface area (Å²) >= 11 is 3.36. The van der Waals surface area contributed by atoms with E-state index < -0.39 is 10.0 Å². The number of halogens is 1. The molecule has 0 fully saturated rings. The van der Waals surface area contributed by atoms with Gasteiger partial charge in [0.25, 0.3) is 10.0 Å². The van der Waals surface area contributed by atoms with E-state index in [0.29, 0.717) is 11.5 Å². The summed E-state index contributed by atoms with van der Waals surface area (Å²) in [6.45, 7) is 0. The van der Waals surface area contributed by atoms with E-state index in [1.807, 2.05) is 24.3 Å². The fourth-order valence-electron chi connectivity index (χ4n) is 2.01. The molecule has 1 heterocycles. The van der Waals surface area contributed by atoms with E-state index in [9.17, 15) is 8.42 Å². The lowest BCUT2D eigenvalue weighted by Crippen LogP contribution is -2.16. The molecule has 0 spiro atoms. The van der Waals surface area contributed by atoms with Crippen LogP contribution in [0.2, 0.25) is 0 Å². The van der Waals surface area contributed by atoms with Gasteiger partial charge in [-0.05, 0) is 48.5 Å². The molecule has 0 unspecified atom stereocenters. The monoisotopic (exact) mass is 392 g/mol. The molecule has 0 aliphatic heterocycles. The van der Waals surface area contributed by atoms with Crippen LogP contribution in [0.25, 0.3) is 5.69 Å². The van der Waals surface area contributed by atoms with E-state index in [0.717, 1.165) is 10.2 Å². The predicted octanol–water partition coefficient (Wildman–Crippen LogP) is 3.02. The SMILES string of the molecule is Nc1ccc(S(=O)(=O)Nc2ccnn2-c2ccc(Br)cc2)cc1. The molecule has 0 aliphatic rings. The van der Waals surface area contributed by atoms with Gasteiger partial charge in [-0.25, -0.2) is 13.1 Å². The fourth-order valence-corrected chi connectivity index (χ4v) is 3.32. The van der Waals surface area contributed by atoms with Crippen molar-refractivity contribution in [2.45, 2.75) is 4.90 Å². The van der Waals surface area contributed by atoms with Crippen LogP contribution in [0.4, 0.5) is 11.5 Å². The summed E-state index contributed by atoms with van der Waals surface area (Å²) in [6.07, 6.45) is 1.53. The number of anilines is 2. The molecule has 0 aliphatic carbocycles. The Kier molecular flexibility index (Phi) is 4.10. The number of nitrogens with zero attached hydrogens (tertiary/aromatic N) is 2. The van der Waals surface area contributed by atoms with E-state index in [2.05, 4.69) is 25.8 Å². The molecule has 23 heavy (non-hydrogen) atoms. The van der Waals surface area contributed by atoms with Crippen molar-refractivity contribution < 1.29 is 8.42 Å². The summed E-state index contributed by atoms with van der Waals surface area (Å²) < 4.78 is 29.9. The minimum Gasteiger partial charge on any atom is -0.399 e. The average Bonchev–Trinajstić information content (AvgIpc) is 2.96. The molecule has 0 atom stereocenters. The smallest absolute Gasteiger partial charge is 0.263 e. The molecule has 0 saturated heterocycles. The fraction of sp³-hybridized carbons (Fsp3) is 0. The molecule has 0 radical (unpaired) electrons. The quantitative estimate of drug-likeness (QED) is 0.667. The highest BCUT2D eigenvalue weighted by atomic mass is 79.9. The minimum atomic E-state index is -3.71. The van der Waals surface area contributed by atoms with Crippen LogP contribution in [-0.2, 0) is 10.0 Å². The molecular formula is C15H13BrN4O2S. The first kappa shape index (κ1) is 15.6. The zero-order valence-corrected chi connectivity index (χ0v) is 14.3. The van der Waals surface area contributed by atoms with E-state index in [1.54, 1.807) is 18.2 Å². The van der Waals surface area contributed by atoms with Crippen LogP contribution < -0.4 is 10.5 Å². The lowest BCUT2D eigenvalue weighted by molar-refractivity contribution is 0.600. The van der Waals surface area contributed by atoms with Crippen LogP contribution in [0, 0.1) is 0 Å². The highest BCUT2D eigenvalue weighted by Gasteiger charge is 2.16. The number of aromatic nitrogens is 2. The van der Waals surface area contributed by atoms with Crippen LogP contribution in [0.5, 0.6) is 0 Å². The van der Waals surface area contributed by atoms with Crippen molar-refractivity contribution in [1.29, 1.82) is 0 Å². The molecule has 0 bridgehead atoms. The maximum absolute atomic E-state index is 12.4. The van der Waals surface area contributed by atoms with Gasteiger partial charge in [0.15, 0.2) is 0 Å². The molecule has 6 nitrogen and oxygen atoms in total.